The van der Waals surface area contributed by atoms with E-state index in [1.807, 2.05) is 26.0 Å². The molecule has 0 bridgehead atoms. The zero-order valence-electron chi connectivity index (χ0n) is 10.4. The first-order chi connectivity index (χ1) is 8.04. The minimum Gasteiger partial charge on any atom is -0.324 e. The summed E-state index contributed by atoms with van der Waals surface area (Å²) in [5.74, 6) is 1.26. The molecule has 0 aromatic carbocycles. The predicted molar refractivity (Wildman–Crippen MR) is 67.5 cm³/mol. The summed E-state index contributed by atoms with van der Waals surface area (Å²) >= 11 is 0. The molecule has 92 valence electrons. The van der Waals surface area contributed by atoms with E-state index in [0.29, 0.717) is 18.2 Å². The Hall–Kier alpha value is -1.42. The second-order valence-electron chi connectivity index (χ2n) is 4.91. The molecule has 0 aliphatic heterocycles. The van der Waals surface area contributed by atoms with Crippen LogP contribution in [0.1, 0.15) is 43.5 Å². The second-order valence-corrected chi connectivity index (χ2v) is 4.91. The molecule has 1 unspecified atom stereocenters. The number of hydrogen-bond acceptors (Lipinski definition) is 3. The van der Waals surface area contributed by atoms with Crippen molar-refractivity contribution in [2.75, 3.05) is 5.32 Å². The van der Waals surface area contributed by atoms with Crippen molar-refractivity contribution < 1.29 is 4.79 Å². The number of nitrogens with zero attached hydrogens (tertiary/aromatic N) is 1. The number of aryl methyl sites for hydroxylation is 1. The summed E-state index contributed by atoms with van der Waals surface area (Å²) < 4.78 is 0. The van der Waals surface area contributed by atoms with Crippen LogP contribution in [-0.4, -0.2) is 10.9 Å². The Balaban J connectivity index is 2.05. The van der Waals surface area contributed by atoms with E-state index in [-0.39, 0.29) is 11.9 Å². The molecule has 1 heterocycles. The number of rotatable bonds is 4. The molecule has 1 fully saturated rings. The Kier molecular flexibility index (Phi) is 3.43. The molecule has 2 rings (SSSR count). The van der Waals surface area contributed by atoms with Gasteiger partial charge in [0, 0.05) is 18.2 Å². The van der Waals surface area contributed by atoms with Crippen molar-refractivity contribution in [3.63, 3.8) is 0 Å². The Morgan fingerprint density at radius 2 is 2.29 bits per heavy atom. The van der Waals surface area contributed by atoms with Gasteiger partial charge in [0.2, 0.25) is 5.91 Å². The highest BCUT2D eigenvalue weighted by molar-refractivity contribution is 5.90. The van der Waals surface area contributed by atoms with Crippen LogP contribution in [0.5, 0.6) is 0 Å². The largest absolute Gasteiger partial charge is 0.324 e. The maximum Gasteiger partial charge on any atom is 0.225 e. The van der Waals surface area contributed by atoms with Crippen LogP contribution in [0.3, 0.4) is 0 Å². The number of anilines is 1. The van der Waals surface area contributed by atoms with E-state index in [1.165, 1.54) is 12.8 Å². The van der Waals surface area contributed by atoms with Gasteiger partial charge in [0.1, 0.15) is 5.82 Å². The molecule has 1 atom stereocenters. The van der Waals surface area contributed by atoms with Crippen molar-refractivity contribution in [2.24, 2.45) is 11.7 Å². The number of aromatic nitrogens is 1. The lowest BCUT2D eigenvalue weighted by atomic mass is 10.1. The molecule has 17 heavy (non-hydrogen) atoms. The molecular weight excluding hydrogens is 214 g/mol. The third kappa shape index (κ3) is 3.53. The van der Waals surface area contributed by atoms with Gasteiger partial charge in [-0.25, -0.2) is 4.98 Å². The molecule has 4 nitrogen and oxygen atoms in total. The highest BCUT2D eigenvalue weighted by Gasteiger charge is 2.24. The zero-order valence-corrected chi connectivity index (χ0v) is 10.4. The van der Waals surface area contributed by atoms with E-state index in [4.69, 9.17) is 5.73 Å². The van der Waals surface area contributed by atoms with E-state index >= 15 is 0 Å². The Bertz CT molecular complexity index is 425. The molecule has 3 N–H and O–H groups in total. The standard InChI is InChI=1S/C13H19N3O/c1-8-5-11(9(2)14)7-12(15-8)16-13(17)6-10-3-4-10/h5,7,9-10H,3-4,6,14H2,1-2H3,(H,15,16,17). The predicted octanol–water partition coefficient (Wildman–Crippen LogP) is 2.15. The normalized spacial score (nSPS) is 16.6. The molecule has 1 aliphatic rings. The molecule has 4 heteroatoms. The summed E-state index contributed by atoms with van der Waals surface area (Å²) in [7, 11) is 0. The SMILES string of the molecule is Cc1cc(C(C)N)cc(NC(=O)CC2CC2)n1. The molecule has 1 saturated carbocycles. The van der Waals surface area contributed by atoms with Crippen molar-refractivity contribution in [2.45, 2.75) is 39.2 Å². The van der Waals surface area contributed by atoms with Crippen LogP contribution in [0, 0.1) is 12.8 Å². The smallest absolute Gasteiger partial charge is 0.225 e. The van der Waals surface area contributed by atoms with E-state index in [9.17, 15) is 4.79 Å². The minimum absolute atomic E-state index is 0.0456. The van der Waals surface area contributed by atoms with Gasteiger partial charge in [-0.05, 0) is 50.3 Å². The fourth-order valence-electron chi connectivity index (χ4n) is 1.80. The summed E-state index contributed by atoms with van der Waals surface area (Å²) in [5.41, 5.74) is 7.71. The molecule has 1 aliphatic carbocycles. The summed E-state index contributed by atoms with van der Waals surface area (Å²) in [6.07, 6.45) is 2.97. The number of nitrogens with one attached hydrogen (secondary N) is 1. The number of carbonyl (C=O) groups is 1. The van der Waals surface area contributed by atoms with Crippen LogP contribution in [-0.2, 0) is 4.79 Å². The van der Waals surface area contributed by atoms with Gasteiger partial charge < -0.3 is 11.1 Å². The third-order valence-corrected chi connectivity index (χ3v) is 2.94. The average molecular weight is 233 g/mol. The van der Waals surface area contributed by atoms with Crippen LogP contribution in [0.15, 0.2) is 12.1 Å². The Labute approximate surface area is 102 Å². The van der Waals surface area contributed by atoms with Crippen LogP contribution in [0.25, 0.3) is 0 Å². The first kappa shape index (κ1) is 12.0. The van der Waals surface area contributed by atoms with Gasteiger partial charge in [-0.2, -0.15) is 0 Å². The fourth-order valence-corrected chi connectivity index (χ4v) is 1.80. The van der Waals surface area contributed by atoms with E-state index in [0.717, 1.165) is 11.3 Å². The van der Waals surface area contributed by atoms with E-state index < -0.39 is 0 Å². The number of pyridine rings is 1. The van der Waals surface area contributed by atoms with Crippen LogP contribution in [0.2, 0.25) is 0 Å². The summed E-state index contributed by atoms with van der Waals surface area (Å²) in [4.78, 5) is 16.0. The van der Waals surface area contributed by atoms with Crippen molar-refractivity contribution >= 4 is 11.7 Å². The maximum absolute atomic E-state index is 11.7. The van der Waals surface area contributed by atoms with Crippen LogP contribution >= 0.6 is 0 Å². The van der Waals surface area contributed by atoms with Crippen molar-refractivity contribution in [3.8, 4) is 0 Å². The van der Waals surface area contributed by atoms with Crippen LogP contribution < -0.4 is 11.1 Å². The molecule has 0 spiro atoms. The van der Waals surface area contributed by atoms with E-state index in [2.05, 4.69) is 10.3 Å². The monoisotopic (exact) mass is 233 g/mol. The lowest BCUT2D eigenvalue weighted by molar-refractivity contribution is -0.116. The van der Waals surface area contributed by atoms with Gasteiger partial charge in [-0.3, -0.25) is 4.79 Å². The lowest BCUT2D eigenvalue weighted by Crippen LogP contribution is -2.14. The average Bonchev–Trinajstić information content (AvgIpc) is 3.00. The highest BCUT2D eigenvalue weighted by Crippen LogP contribution is 2.32. The topological polar surface area (TPSA) is 68.0 Å². The van der Waals surface area contributed by atoms with Crippen LogP contribution in [0.4, 0.5) is 5.82 Å². The molecule has 1 aromatic heterocycles. The lowest BCUT2D eigenvalue weighted by Gasteiger charge is -2.10. The van der Waals surface area contributed by atoms with Gasteiger partial charge in [-0.15, -0.1) is 0 Å². The van der Waals surface area contributed by atoms with Gasteiger partial charge in [0.05, 0.1) is 0 Å². The Morgan fingerprint density at radius 1 is 1.59 bits per heavy atom. The van der Waals surface area contributed by atoms with Gasteiger partial charge in [-0.1, -0.05) is 0 Å². The molecule has 1 amide bonds. The summed E-state index contributed by atoms with van der Waals surface area (Å²) in [6.45, 7) is 3.83. The fraction of sp³-hybridized carbons (Fsp3) is 0.538. The first-order valence-electron chi connectivity index (χ1n) is 6.08. The summed E-state index contributed by atoms with van der Waals surface area (Å²) in [6, 6.07) is 3.75. The molecular formula is C13H19N3O. The maximum atomic E-state index is 11.7. The van der Waals surface area contributed by atoms with Crippen molar-refractivity contribution in [1.82, 2.24) is 4.98 Å². The molecule has 1 aromatic rings. The molecule has 0 saturated heterocycles. The number of nitrogens with two attached hydrogens (primary N) is 1. The Morgan fingerprint density at radius 3 is 2.88 bits per heavy atom. The number of carbonyl (C=O) groups excluding carboxylic acids is 1. The van der Waals surface area contributed by atoms with Gasteiger partial charge >= 0.3 is 0 Å². The zero-order chi connectivity index (χ0) is 12.4. The number of amides is 1. The highest BCUT2D eigenvalue weighted by atomic mass is 16.1. The number of hydrogen-bond donors (Lipinski definition) is 2. The third-order valence-electron chi connectivity index (χ3n) is 2.94. The second kappa shape index (κ2) is 4.84. The van der Waals surface area contributed by atoms with Crippen molar-refractivity contribution in [1.29, 1.82) is 0 Å². The molecule has 0 radical (unpaired) electrons. The first-order valence-corrected chi connectivity index (χ1v) is 6.08. The van der Waals surface area contributed by atoms with E-state index in [1.54, 1.807) is 0 Å². The minimum atomic E-state index is -0.0456. The van der Waals surface area contributed by atoms with Crippen molar-refractivity contribution in [3.05, 3.63) is 23.4 Å². The summed E-state index contributed by atoms with van der Waals surface area (Å²) in [5, 5.41) is 2.84. The van der Waals surface area contributed by atoms with Gasteiger partial charge in [0.25, 0.3) is 0 Å². The quantitative estimate of drug-likeness (QED) is 0.837. The van der Waals surface area contributed by atoms with Gasteiger partial charge in [0.15, 0.2) is 0 Å².